The summed E-state index contributed by atoms with van der Waals surface area (Å²) < 4.78 is 0. The quantitative estimate of drug-likeness (QED) is 0.526. The maximum absolute atomic E-state index is 2.37. The van der Waals surface area contributed by atoms with Gasteiger partial charge in [-0.15, -0.1) is 0 Å². The number of likely N-dealkylation sites (N-methyl/N-ethyl adjacent to an activating group) is 1. The molecule has 0 aromatic heterocycles. The lowest BCUT2D eigenvalue weighted by atomic mass is 9.97. The van der Waals surface area contributed by atoms with Crippen molar-refractivity contribution in [1.29, 1.82) is 0 Å². The highest BCUT2D eigenvalue weighted by atomic mass is 15.1. The van der Waals surface area contributed by atoms with E-state index >= 15 is 0 Å². The predicted octanol–water partition coefficient (Wildman–Crippen LogP) is 2.54. The molecule has 0 saturated carbocycles. The molecule has 0 saturated heterocycles. The molecule has 0 aliphatic carbocycles. The Morgan fingerprint density at radius 3 is 2.45 bits per heavy atom. The lowest BCUT2D eigenvalue weighted by Crippen LogP contribution is -2.25. The van der Waals surface area contributed by atoms with Crippen molar-refractivity contribution in [2.45, 2.75) is 27.7 Å². The summed E-state index contributed by atoms with van der Waals surface area (Å²) in [5, 5.41) is 0. The maximum Gasteiger partial charge on any atom is 0.0163 e. The van der Waals surface area contributed by atoms with Gasteiger partial charge in [0.15, 0.2) is 0 Å². The van der Waals surface area contributed by atoms with Gasteiger partial charge in [0, 0.05) is 13.1 Å². The van der Waals surface area contributed by atoms with Crippen LogP contribution in [0.1, 0.15) is 27.7 Å². The molecular formula is C10H21N. The van der Waals surface area contributed by atoms with Crippen molar-refractivity contribution in [3.63, 3.8) is 0 Å². The molecule has 0 fully saturated rings. The van der Waals surface area contributed by atoms with Gasteiger partial charge in [0.1, 0.15) is 0 Å². The van der Waals surface area contributed by atoms with Crippen LogP contribution in [-0.2, 0) is 0 Å². The molecule has 1 aliphatic rings. The van der Waals surface area contributed by atoms with Crippen LogP contribution in [-0.4, -0.2) is 25.0 Å². The van der Waals surface area contributed by atoms with Gasteiger partial charge in [0.05, 0.1) is 0 Å². The summed E-state index contributed by atoms with van der Waals surface area (Å²) in [4.78, 5) is 2.35. The van der Waals surface area contributed by atoms with Crippen molar-refractivity contribution in [3.05, 3.63) is 11.6 Å². The van der Waals surface area contributed by atoms with Gasteiger partial charge in [-0.3, -0.25) is 0 Å². The Bertz CT molecular complexity index is 136. The number of rotatable bonds is 1. The molecule has 0 atom stereocenters. The van der Waals surface area contributed by atoms with E-state index in [1.54, 1.807) is 5.57 Å². The molecule has 1 heteroatoms. The predicted molar refractivity (Wildman–Crippen MR) is 51.8 cm³/mol. The van der Waals surface area contributed by atoms with E-state index in [-0.39, 0.29) is 7.43 Å². The van der Waals surface area contributed by atoms with Crippen molar-refractivity contribution in [2.75, 3.05) is 20.1 Å². The summed E-state index contributed by atoms with van der Waals surface area (Å²) >= 11 is 0. The number of hydrogen-bond acceptors (Lipinski definition) is 1. The topological polar surface area (TPSA) is 3.24 Å². The first-order valence-corrected chi connectivity index (χ1v) is 4.07. The van der Waals surface area contributed by atoms with Crippen LogP contribution < -0.4 is 0 Å². The van der Waals surface area contributed by atoms with Gasteiger partial charge in [-0.2, -0.15) is 0 Å². The van der Waals surface area contributed by atoms with Crippen molar-refractivity contribution >= 4 is 0 Å². The fourth-order valence-corrected chi connectivity index (χ4v) is 1.31. The molecule has 0 aromatic carbocycles. The molecule has 0 spiro atoms. The van der Waals surface area contributed by atoms with Gasteiger partial charge < -0.3 is 4.90 Å². The van der Waals surface area contributed by atoms with E-state index in [0.717, 1.165) is 12.5 Å². The van der Waals surface area contributed by atoms with Crippen LogP contribution in [0, 0.1) is 5.92 Å². The van der Waals surface area contributed by atoms with Gasteiger partial charge in [-0.05, 0) is 19.4 Å². The minimum atomic E-state index is 0. The average molecular weight is 155 g/mol. The lowest BCUT2D eigenvalue weighted by molar-refractivity contribution is 0.351. The number of nitrogens with zero attached hydrogens (tertiary/aromatic N) is 1. The SMILES string of the molecule is C.CC(C)C1=CCN(C)CC1. The second kappa shape index (κ2) is 4.55. The molecule has 0 N–H and O–H groups in total. The zero-order valence-electron chi connectivity index (χ0n) is 7.22. The van der Waals surface area contributed by atoms with Gasteiger partial charge in [-0.25, -0.2) is 0 Å². The van der Waals surface area contributed by atoms with Gasteiger partial charge in [0.25, 0.3) is 0 Å². The smallest absolute Gasteiger partial charge is 0.0163 e. The highest BCUT2D eigenvalue weighted by Crippen LogP contribution is 2.17. The fourth-order valence-electron chi connectivity index (χ4n) is 1.31. The van der Waals surface area contributed by atoms with Crippen molar-refractivity contribution < 1.29 is 0 Å². The summed E-state index contributed by atoms with van der Waals surface area (Å²) in [6, 6.07) is 0. The Morgan fingerprint density at radius 2 is 2.09 bits per heavy atom. The van der Waals surface area contributed by atoms with Crippen LogP contribution in [0.4, 0.5) is 0 Å². The molecule has 0 amide bonds. The summed E-state index contributed by atoms with van der Waals surface area (Å²) in [7, 11) is 2.17. The second-order valence-corrected chi connectivity index (χ2v) is 3.45. The summed E-state index contributed by atoms with van der Waals surface area (Å²) in [5.41, 5.74) is 1.64. The van der Waals surface area contributed by atoms with Crippen LogP contribution in [0.2, 0.25) is 0 Å². The standard InChI is InChI=1S/C9H17N.CH4/c1-8(2)9-4-6-10(3)7-5-9;/h4,8H,5-7H2,1-3H3;1H4. The lowest BCUT2D eigenvalue weighted by Gasteiger charge is -2.23. The highest BCUT2D eigenvalue weighted by molar-refractivity contribution is 5.08. The zero-order valence-corrected chi connectivity index (χ0v) is 7.22. The molecule has 1 heterocycles. The Hall–Kier alpha value is -0.300. The highest BCUT2D eigenvalue weighted by Gasteiger charge is 2.09. The van der Waals surface area contributed by atoms with Crippen molar-refractivity contribution in [1.82, 2.24) is 4.90 Å². The molecule has 0 radical (unpaired) electrons. The Morgan fingerprint density at radius 1 is 1.45 bits per heavy atom. The molecule has 0 bridgehead atoms. The third kappa shape index (κ3) is 3.06. The third-order valence-corrected chi connectivity index (χ3v) is 2.19. The van der Waals surface area contributed by atoms with Crippen molar-refractivity contribution in [2.24, 2.45) is 5.92 Å². The Kier molecular flexibility index (Phi) is 4.43. The molecule has 0 aromatic rings. The summed E-state index contributed by atoms with van der Waals surface area (Å²) in [5.74, 6) is 0.758. The van der Waals surface area contributed by atoms with E-state index in [4.69, 9.17) is 0 Å². The van der Waals surface area contributed by atoms with Crippen LogP contribution in [0.5, 0.6) is 0 Å². The van der Waals surface area contributed by atoms with Crippen LogP contribution in [0.3, 0.4) is 0 Å². The van der Waals surface area contributed by atoms with Crippen LogP contribution in [0.25, 0.3) is 0 Å². The molecular weight excluding hydrogens is 134 g/mol. The van der Waals surface area contributed by atoms with E-state index in [2.05, 4.69) is 31.9 Å². The fraction of sp³-hybridized carbons (Fsp3) is 0.800. The van der Waals surface area contributed by atoms with E-state index in [1.807, 2.05) is 0 Å². The molecule has 1 aliphatic heterocycles. The first kappa shape index (κ1) is 10.7. The van der Waals surface area contributed by atoms with Gasteiger partial charge >= 0.3 is 0 Å². The molecule has 66 valence electrons. The van der Waals surface area contributed by atoms with E-state index in [9.17, 15) is 0 Å². The van der Waals surface area contributed by atoms with E-state index < -0.39 is 0 Å². The zero-order chi connectivity index (χ0) is 7.56. The van der Waals surface area contributed by atoms with Gasteiger partial charge in [0.2, 0.25) is 0 Å². The summed E-state index contributed by atoms with van der Waals surface area (Å²) in [6.07, 6.45) is 3.64. The molecule has 11 heavy (non-hydrogen) atoms. The number of hydrogen-bond donors (Lipinski definition) is 0. The molecule has 0 unspecified atom stereocenters. The van der Waals surface area contributed by atoms with E-state index in [0.29, 0.717) is 0 Å². The molecule has 1 nitrogen and oxygen atoms in total. The minimum Gasteiger partial charge on any atom is -0.302 e. The summed E-state index contributed by atoms with van der Waals surface area (Å²) in [6.45, 7) is 6.94. The minimum absolute atomic E-state index is 0. The Balaban J connectivity index is 0.000001000. The van der Waals surface area contributed by atoms with Crippen LogP contribution >= 0.6 is 0 Å². The van der Waals surface area contributed by atoms with Gasteiger partial charge in [-0.1, -0.05) is 32.9 Å². The Labute approximate surface area is 71.1 Å². The van der Waals surface area contributed by atoms with E-state index in [1.165, 1.54) is 13.0 Å². The monoisotopic (exact) mass is 155 g/mol. The first-order valence-electron chi connectivity index (χ1n) is 4.07. The third-order valence-electron chi connectivity index (χ3n) is 2.19. The molecule has 1 rings (SSSR count). The first-order chi connectivity index (χ1) is 4.70. The maximum atomic E-state index is 2.37. The largest absolute Gasteiger partial charge is 0.302 e. The van der Waals surface area contributed by atoms with Crippen molar-refractivity contribution in [3.8, 4) is 0 Å². The normalized spacial score (nSPS) is 19.5. The average Bonchev–Trinajstić information content (AvgIpc) is 1.88. The van der Waals surface area contributed by atoms with Crippen LogP contribution in [0.15, 0.2) is 11.6 Å². The second-order valence-electron chi connectivity index (χ2n) is 3.45.